The van der Waals surface area contributed by atoms with Gasteiger partial charge in [0.2, 0.25) is 5.89 Å². The van der Waals surface area contributed by atoms with Crippen molar-refractivity contribution < 1.29 is 22.8 Å². The first-order valence-corrected chi connectivity index (χ1v) is 5.40. The molecule has 0 amide bonds. The fourth-order valence-corrected chi connectivity index (χ4v) is 1.33. The number of rotatable bonds is 5. The summed E-state index contributed by atoms with van der Waals surface area (Å²) in [6.07, 6.45) is -5.62. The normalized spacial score (nSPS) is 15.9. The predicted octanol–water partition coefficient (Wildman–Crippen LogP) is 2.44. The second-order valence-electron chi connectivity index (χ2n) is 3.93. The zero-order valence-electron chi connectivity index (χ0n) is 9.66. The van der Waals surface area contributed by atoms with Crippen LogP contribution in [-0.2, 0) is 6.42 Å². The molecular weight excluding hydrogens is 237 g/mol. The molecule has 0 aliphatic rings. The van der Waals surface area contributed by atoms with E-state index in [9.17, 15) is 18.3 Å². The van der Waals surface area contributed by atoms with Crippen LogP contribution in [0.5, 0.6) is 0 Å². The average Bonchev–Trinajstić information content (AvgIpc) is 2.72. The van der Waals surface area contributed by atoms with E-state index in [2.05, 4.69) is 10.1 Å². The van der Waals surface area contributed by atoms with E-state index in [0.29, 0.717) is 6.42 Å². The lowest BCUT2D eigenvalue weighted by Gasteiger charge is -2.11. The van der Waals surface area contributed by atoms with Crippen LogP contribution < -0.4 is 0 Å². The number of halogens is 3. The first kappa shape index (κ1) is 14.0. The molecule has 4 nitrogen and oxygen atoms in total. The Kier molecular flexibility index (Phi) is 4.50. The van der Waals surface area contributed by atoms with Crippen molar-refractivity contribution in [2.45, 2.75) is 51.3 Å². The zero-order chi connectivity index (χ0) is 13.1. The van der Waals surface area contributed by atoms with Crippen LogP contribution in [0, 0.1) is 0 Å². The largest absolute Gasteiger partial charge is 0.392 e. The quantitative estimate of drug-likeness (QED) is 0.874. The summed E-state index contributed by atoms with van der Waals surface area (Å²) in [5, 5.41) is 13.0. The Bertz CT molecular complexity index is 352. The Morgan fingerprint density at radius 2 is 2.06 bits per heavy atom. The van der Waals surface area contributed by atoms with Gasteiger partial charge in [0.1, 0.15) is 0 Å². The first-order chi connectivity index (χ1) is 7.83. The molecule has 1 aromatic rings. The van der Waals surface area contributed by atoms with Gasteiger partial charge in [-0.3, -0.25) is 0 Å². The number of hydrogen-bond donors (Lipinski definition) is 1. The number of aliphatic hydroxyl groups excluding tert-OH is 1. The van der Waals surface area contributed by atoms with E-state index in [1.165, 1.54) is 0 Å². The molecule has 1 aromatic heterocycles. The van der Waals surface area contributed by atoms with Gasteiger partial charge >= 0.3 is 6.18 Å². The highest BCUT2D eigenvalue weighted by Crippen LogP contribution is 2.23. The van der Waals surface area contributed by atoms with Gasteiger partial charge in [0.25, 0.3) is 0 Å². The smallest absolute Gasteiger partial charge is 0.389 e. The molecule has 1 heterocycles. The topological polar surface area (TPSA) is 59.2 Å². The van der Waals surface area contributed by atoms with Gasteiger partial charge < -0.3 is 9.63 Å². The highest BCUT2D eigenvalue weighted by atomic mass is 19.4. The maximum Gasteiger partial charge on any atom is 0.389 e. The van der Waals surface area contributed by atoms with Gasteiger partial charge in [-0.25, -0.2) is 0 Å². The van der Waals surface area contributed by atoms with Gasteiger partial charge in [-0.05, 0) is 6.42 Å². The first-order valence-electron chi connectivity index (χ1n) is 5.40. The van der Waals surface area contributed by atoms with E-state index in [-0.39, 0.29) is 24.1 Å². The minimum absolute atomic E-state index is 0.0208. The number of alkyl halides is 3. The van der Waals surface area contributed by atoms with Crippen LogP contribution in [0.2, 0.25) is 0 Å². The minimum Gasteiger partial charge on any atom is -0.392 e. The summed E-state index contributed by atoms with van der Waals surface area (Å²) in [5.74, 6) is -0.170. The minimum atomic E-state index is -4.23. The highest BCUT2D eigenvalue weighted by Gasteiger charge is 2.28. The Balaban J connectivity index is 2.59. The molecule has 0 aromatic carbocycles. The molecule has 0 saturated carbocycles. The van der Waals surface area contributed by atoms with Crippen LogP contribution in [0.1, 0.15) is 44.3 Å². The molecule has 0 saturated heterocycles. The van der Waals surface area contributed by atoms with E-state index < -0.39 is 18.7 Å². The van der Waals surface area contributed by atoms with Crippen molar-refractivity contribution >= 4 is 0 Å². The number of aromatic nitrogens is 2. The molecule has 0 aliphatic heterocycles. The van der Waals surface area contributed by atoms with Gasteiger partial charge in [0.05, 0.1) is 18.4 Å². The molecule has 1 rings (SSSR count). The van der Waals surface area contributed by atoms with Crippen LogP contribution in [0.4, 0.5) is 13.2 Å². The molecule has 7 heteroatoms. The monoisotopic (exact) mass is 252 g/mol. The Morgan fingerprint density at radius 3 is 2.59 bits per heavy atom. The molecule has 2 atom stereocenters. The van der Waals surface area contributed by atoms with Crippen molar-refractivity contribution in [1.82, 2.24) is 10.1 Å². The number of hydrogen-bond acceptors (Lipinski definition) is 4. The van der Waals surface area contributed by atoms with E-state index in [0.717, 1.165) is 0 Å². The lowest BCUT2D eigenvalue weighted by atomic mass is 10.0. The van der Waals surface area contributed by atoms with E-state index in [1.807, 2.05) is 0 Å². The van der Waals surface area contributed by atoms with E-state index in [1.54, 1.807) is 13.8 Å². The van der Waals surface area contributed by atoms with Gasteiger partial charge in [-0.2, -0.15) is 18.2 Å². The molecule has 0 bridgehead atoms. The van der Waals surface area contributed by atoms with E-state index in [4.69, 9.17) is 4.52 Å². The second kappa shape index (κ2) is 5.48. The fourth-order valence-electron chi connectivity index (χ4n) is 1.33. The highest BCUT2D eigenvalue weighted by molar-refractivity contribution is 4.95. The summed E-state index contributed by atoms with van der Waals surface area (Å²) in [7, 11) is 0. The summed E-state index contributed by atoms with van der Waals surface area (Å²) in [6.45, 7) is 3.48. The Labute approximate surface area is 96.8 Å². The molecule has 17 heavy (non-hydrogen) atoms. The van der Waals surface area contributed by atoms with Crippen molar-refractivity contribution in [3.8, 4) is 0 Å². The molecule has 2 unspecified atom stereocenters. The Hall–Kier alpha value is -1.11. The molecule has 0 fully saturated rings. The maximum atomic E-state index is 12.0. The van der Waals surface area contributed by atoms with Crippen LogP contribution in [0.25, 0.3) is 0 Å². The van der Waals surface area contributed by atoms with Crippen LogP contribution >= 0.6 is 0 Å². The maximum absolute atomic E-state index is 12.0. The third-order valence-corrected chi connectivity index (χ3v) is 2.50. The molecule has 0 spiro atoms. The molecule has 0 radical (unpaired) electrons. The third kappa shape index (κ3) is 4.33. The fraction of sp³-hybridized carbons (Fsp3) is 0.800. The van der Waals surface area contributed by atoms with Crippen molar-refractivity contribution in [3.05, 3.63) is 11.7 Å². The van der Waals surface area contributed by atoms with Crippen LogP contribution in [0.15, 0.2) is 4.52 Å². The number of nitrogens with zero attached hydrogens (tertiary/aromatic N) is 2. The molecule has 98 valence electrons. The van der Waals surface area contributed by atoms with Crippen molar-refractivity contribution in [2.24, 2.45) is 0 Å². The Morgan fingerprint density at radius 1 is 1.41 bits per heavy atom. The standard InChI is InChI=1S/C10H15F3N2O2/c1-3-7(16)6(2)9-14-8(15-17-9)4-5-10(11,12)13/h6-7,16H,3-5H2,1-2H3. The van der Waals surface area contributed by atoms with Crippen molar-refractivity contribution in [2.75, 3.05) is 0 Å². The molecular formula is C10H15F3N2O2. The summed E-state index contributed by atoms with van der Waals surface area (Å²) >= 11 is 0. The summed E-state index contributed by atoms with van der Waals surface area (Å²) in [5.41, 5.74) is 0. The van der Waals surface area contributed by atoms with E-state index >= 15 is 0 Å². The zero-order valence-corrected chi connectivity index (χ0v) is 9.66. The van der Waals surface area contributed by atoms with Gasteiger partial charge in [0, 0.05) is 6.42 Å². The van der Waals surface area contributed by atoms with Crippen LogP contribution in [-0.4, -0.2) is 27.5 Å². The predicted molar refractivity (Wildman–Crippen MR) is 53.4 cm³/mol. The summed E-state index contributed by atoms with van der Waals surface area (Å²) in [6, 6.07) is 0. The van der Waals surface area contributed by atoms with Crippen LogP contribution in [0.3, 0.4) is 0 Å². The molecule has 0 aliphatic carbocycles. The summed E-state index contributed by atoms with van der Waals surface area (Å²) < 4.78 is 40.7. The SMILES string of the molecule is CCC(O)C(C)c1nc(CCC(F)(F)F)no1. The summed E-state index contributed by atoms with van der Waals surface area (Å²) in [4.78, 5) is 3.84. The number of aliphatic hydroxyl groups is 1. The second-order valence-corrected chi connectivity index (χ2v) is 3.93. The van der Waals surface area contributed by atoms with Crippen molar-refractivity contribution in [1.29, 1.82) is 0 Å². The molecule has 1 N–H and O–H groups in total. The third-order valence-electron chi connectivity index (χ3n) is 2.50. The lowest BCUT2D eigenvalue weighted by molar-refractivity contribution is -0.134. The van der Waals surface area contributed by atoms with Gasteiger partial charge in [-0.1, -0.05) is 19.0 Å². The number of aryl methyl sites for hydroxylation is 1. The van der Waals surface area contributed by atoms with Gasteiger partial charge in [-0.15, -0.1) is 0 Å². The van der Waals surface area contributed by atoms with Crippen molar-refractivity contribution in [3.63, 3.8) is 0 Å². The lowest BCUT2D eigenvalue weighted by Crippen LogP contribution is -2.14. The van der Waals surface area contributed by atoms with Gasteiger partial charge in [0.15, 0.2) is 5.82 Å². The average molecular weight is 252 g/mol.